The first-order valence-corrected chi connectivity index (χ1v) is 10.8. The van der Waals surface area contributed by atoms with Gasteiger partial charge < -0.3 is 19.5 Å². The van der Waals surface area contributed by atoms with Gasteiger partial charge in [0.15, 0.2) is 0 Å². The summed E-state index contributed by atoms with van der Waals surface area (Å²) in [5, 5.41) is 6.67. The maximum atomic E-state index is 12.6. The van der Waals surface area contributed by atoms with E-state index in [-0.39, 0.29) is 31.0 Å². The number of aryl methyl sites for hydroxylation is 1. The lowest BCUT2D eigenvalue weighted by Crippen LogP contribution is -2.26. The summed E-state index contributed by atoms with van der Waals surface area (Å²) in [5.74, 6) is 0.205. The summed E-state index contributed by atoms with van der Waals surface area (Å²) in [5.41, 5.74) is 5.08. The van der Waals surface area contributed by atoms with Gasteiger partial charge in [-0.2, -0.15) is 5.10 Å². The van der Waals surface area contributed by atoms with E-state index in [0.29, 0.717) is 35.6 Å². The molecule has 3 rings (SSSR count). The average molecular weight is 453 g/mol. The van der Waals surface area contributed by atoms with Crippen molar-refractivity contribution in [3.63, 3.8) is 0 Å². The van der Waals surface area contributed by atoms with Crippen LogP contribution in [0.1, 0.15) is 48.2 Å². The van der Waals surface area contributed by atoms with Crippen molar-refractivity contribution >= 4 is 29.9 Å². The molecule has 2 N–H and O–H groups in total. The first-order valence-electron chi connectivity index (χ1n) is 10.8. The monoisotopic (exact) mass is 453 g/mol. The summed E-state index contributed by atoms with van der Waals surface area (Å²) in [6.07, 6.45) is 2.30. The van der Waals surface area contributed by atoms with Gasteiger partial charge in [0.05, 0.1) is 25.8 Å². The zero-order chi connectivity index (χ0) is 23.6. The molecule has 1 aliphatic rings. The molecule has 1 aliphatic heterocycles. The molecule has 0 radical (unpaired) electrons. The molecule has 174 valence electrons. The fourth-order valence-electron chi connectivity index (χ4n) is 3.32. The molecule has 2 aromatic carbocycles. The molecule has 0 saturated carbocycles. The second-order valence-electron chi connectivity index (χ2n) is 7.28. The number of rotatable bonds is 8. The van der Waals surface area contributed by atoms with Gasteiger partial charge in [-0.3, -0.25) is 9.59 Å². The number of nitrogens with zero attached hydrogens (tertiary/aromatic N) is 1. The molecule has 2 aromatic rings. The number of fused-ring (bicyclic) bond motifs is 1. The Balaban J connectivity index is 1.55. The smallest absolute Gasteiger partial charge is 0.427 e. The molecule has 0 saturated heterocycles. The molecule has 0 aliphatic carbocycles. The van der Waals surface area contributed by atoms with Gasteiger partial charge in [0.2, 0.25) is 0 Å². The van der Waals surface area contributed by atoms with Crippen molar-refractivity contribution in [2.24, 2.45) is 5.10 Å². The number of carbonyl (C=O) groups is 3. The lowest BCUT2D eigenvalue weighted by Gasteiger charge is -2.26. The zero-order valence-electron chi connectivity index (χ0n) is 18.6. The number of ether oxygens (including phenoxy) is 3. The number of amides is 2. The fraction of sp³-hybridized carbons (Fsp3) is 0.333. The summed E-state index contributed by atoms with van der Waals surface area (Å²) in [6, 6.07) is 12.2. The van der Waals surface area contributed by atoms with Crippen LogP contribution < -0.4 is 15.5 Å². The number of nitrogens with one attached hydrogen (secondary N) is 2. The number of hydrogen-bond acceptors (Lipinski definition) is 7. The van der Waals surface area contributed by atoms with Crippen LogP contribution in [0.25, 0.3) is 0 Å². The third-order valence-corrected chi connectivity index (χ3v) is 4.87. The number of anilines is 1. The van der Waals surface area contributed by atoms with E-state index in [4.69, 9.17) is 14.2 Å². The highest BCUT2D eigenvalue weighted by Crippen LogP contribution is 2.31. The summed E-state index contributed by atoms with van der Waals surface area (Å²) >= 11 is 0. The van der Waals surface area contributed by atoms with Crippen molar-refractivity contribution in [3.8, 4) is 5.75 Å². The summed E-state index contributed by atoms with van der Waals surface area (Å²) in [4.78, 5) is 35.5. The topological polar surface area (TPSA) is 115 Å². The first kappa shape index (κ1) is 23.8. The molecule has 0 bridgehead atoms. The van der Waals surface area contributed by atoms with Crippen LogP contribution in [0.3, 0.4) is 0 Å². The Hall–Kier alpha value is -3.88. The Morgan fingerprint density at radius 2 is 1.85 bits per heavy atom. The standard InChI is InChI=1S/C24H27N3O6/c1-3-31-22(28)14-20-11-9-18-13-19(10-12-21(18)33-20)26-23(29)17-7-5-16(6-8-17)15-25-27-24(30)32-4-2/h5-8,10,12-13,15,20H,3-4,9,11,14H2,1-2H3,(H,26,29)(H,27,30). The zero-order valence-corrected chi connectivity index (χ0v) is 18.6. The number of hydrogen-bond donors (Lipinski definition) is 2. The molecule has 0 aromatic heterocycles. The van der Waals surface area contributed by atoms with Crippen LogP contribution in [0.15, 0.2) is 47.6 Å². The van der Waals surface area contributed by atoms with Gasteiger partial charge in [-0.15, -0.1) is 0 Å². The second kappa shape index (κ2) is 11.7. The summed E-state index contributed by atoms with van der Waals surface area (Å²) in [7, 11) is 0. The van der Waals surface area contributed by atoms with Crippen molar-refractivity contribution in [1.82, 2.24) is 5.43 Å². The van der Waals surface area contributed by atoms with Gasteiger partial charge in [0.1, 0.15) is 11.9 Å². The van der Waals surface area contributed by atoms with E-state index >= 15 is 0 Å². The predicted molar refractivity (Wildman–Crippen MR) is 123 cm³/mol. The van der Waals surface area contributed by atoms with E-state index < -0.39 is 6.09 Å². The predicted octanol–water partition coefficient (Wildman–Crippen LogP) is 3.67. The van der Waals surface area contributed by atoms with Gasteiger partial charge in [-0.25, -0.2) is 10.2 Å². The van der Waals surface area contributed by atoms with Gasteiger partial charge in [-0.1, -0.05) is 12.1 Å². The average Bonchev–Trinajstić information content (AvgIpc) is 2.80. The third-order valence-electron chi connectivity index (χ3n) is 4.87. The van der Waals surface area contributed by atoms with E-state index in [1.807, 2.05) is 6.07 Å². The number of benzene rings is 2. The van der Waals surface area contributed by atoms with Crippen LogP contribution in [0.5, 0.6) is 5.75 Å². The van der Waals surface area contributed by atoms with E-state index in [9.17, 15) is 14.4 Å². The molecule has 33 heavy (non-hydrogen) atoms. The van der Waals surface area contributed by atoms with Crippen molar-refractivity contribution in [2.75, 3.05) is 18.5 Å². The minimum Gasteiger partial charge on any atom is -0.490 e. The fourth-order valence-corrected chi connectivity index (χ4v) is 3.32. The van der Waals surface area contributed by atoms with E-state index in [1.54, 1.807) is 50.2 Å². The molecule has 1 heterocycles. The van der Waals surface area contributed by atoms with Crippen LogP contribution in [0.2, 0.25) is 0 Å². The highest BCUT2D eigenvalue weighted by molar-refractivity contribution is 6.04. The van der Waals surface area contributed by atoms with Crippen molar-refractivity contribution in [3.05, 3.63) is 59.2 Å². The Morgan fingerprint density at radius 3 is 2.58 bits per heavy atom. The van der Waals surface area contributed by atoms with Crippen LogP contribution >= 0.6 is 0 Å². The van der Waals surface area contributed by atoms with Crippen molar-refractivity contribution in [1.29, 1.82) is 0 Å². The number of carbonyl (C=O) groups excluding carboxylic acids is 3. The maximum absolute atomic E-state index is 12.6. The molecule has 9 heteroatoms. The molecule has 0 fully saturated rings. The van der Waals surface area contributed by atoms with Gasteiger partial charge in [-0.05, 0) is 68.1 Å². The quantitative estimate of drug-likeness (QED) is 0.358. The van der Waals surface area contributed by atoms with Crippen LogP contribution in [0, 0.1) is 0 Å². The minimum absolute atomic E-state index is 0.202. The Morgan fingerprint density at radius 1 is 1.09 bits per heavy atom. The van der Waals surface area contributed by atoms with Crippen molar-refractivity contribution < 1.29 is 28.6 Å². The molecular formula is C24H27N3O6. The van der Waals surface area contributed by atoms with E-state index in [0.717, 1.165) is 12.0 Å². The lowest BCUT2D eigenvalue weighted by atomic mass is 10.00. The Bertz CT molecular complexity index is 1020. The third kappa shape index (κ3) is 7.06. The van der Waals surface area contributed by atoms with Crippen LogP contribution in [-0.4, -0.2) is 43.5 Å². The van der Waals surface area contributed by atoms with Crippen molar-refractivity contribution in [2.45, 2.75) is 39.2 Å². The number of esters is 1. The number of hydrazone groups is 1. The first-order chi connectivity index (χ1) is 16.0. The largest absolute Gasteiger partial charge is 0.490 e. The molecule has 1 unspecified atom stereocenters. The van der Waals surface area contributed by atoms with Gasteiger partial charge in [0.25, 0.3) is 5.91 Å². The van der Waals surface area contributed by atoms with Crippen LogP contribution in [-0.2, 0) is 20.7 Å². The normalized spacial score (nSPS) is 14.7. The Labute approximate surface area is 192 Å². The Kier molecular flexibility index (Phi) is 8.40. The summed E-state index contributed by atoms with van der Waals surface area (Å²) < 4.78 is 15.6. The van der Waals surface area contributed by atoms with E-state index in [1.165, 1.54) is 6.21 Å². The maximum Gasteiger partial charge on any atom is 0.427 e. The molecule has 0 spiro atoms. The second-order valence-corrected chi connectivity index (χ2v) is 7.28. The van der Waals surface area contributed by atoms with Crippen LogP contribution in [0.4, 0.5) is 10.5 Å². The van der Waals surface area contributed by atoms with E-state index in [2.05, 4.69) is 15.8 Å². The minimum atomic E-state index is -0.630. The summed E-state index contributed by atoms with van der Waals surface area (Å²) in [6.45, 7) is 4.10. The SMILES string of the molecule is CCOC(=O)CC1CCc2cc(NC(=O)c3ccc(C=NNC(=O)OCC)cc3)ccc2O1. The highest BCUT2D eigenvalue weighted by atomic mass is 16.6. The van der Waals surface area contributed by atoms with Gasteiger partial charge in [0, 0.05) is 11.3 Å². The lowest BCUT2D eigenvalue weighted by molar-refractivity contribution is -0.145. The molecule has 2 amide bonds. The molecule has 9 nitrogen and oxygen atoms in total. The highest BCUT2D eigenvalue weighted by Gasteiger charge is 2.23. The molecule has 1 atom stereocenters. The van der Waals surface area contributed by atoms with Gasteiger partial charge >= 0.3 is 12.1 Å². The molecular weight excluding hydrogens is 426 g/mol.